The average molecular weight is 302 g/mol. The van der Waals surface area contributed by atoms with Gasteiger partial charge in [0.2, 0.25) is 0 Å². The van der Waals surface area contributed by atoms with Crippen molar-refractivity contribution in [1.29, 1.82) is 0 Å². The molecule has 0 saturated carbocycles. The minimum Gasteiger partial charge on any atom is -0.344 e. The highest BCUT2D eigenvalue weighted by Crippen LogP contribution is 2.18. The van der Waals surface area contributed by atoms with Crippen molar-refractivity contribution in [2.75, 3.05) is 0 Å². The van der Waals surface area contributed by atoms with Crippen LogP contribution in [-0.4, -0.2) is 10.9 Å². The molecule has 3 nitrogen and oxygen atoms in total. The lowest BCUT2D eigenvalue weighted by Crippen LogP contribution is -2.30. The number of carbonyl (C=O) groups excluding carboxylic acids is 1. The van der Waals surface area contributed by atoms with Gasteiger partial charge in [-0.3, -0.25) is 9.78 Å². The molecule has 114 valence electrons. The third-order valence-electron chi connectivity index (χ3n) is 3.69. The summed E-state index contributed by atoms with van der Waals surface area (Å²) < 4.78 is 0. The quantitative estimate of drug-likeness (QED) is 0.779. The molecule has 1 unspecified atom stereocenters. The zero-order valence-electron chi connectivity index (χ0n) is 12.7. The molecule has 3 aromatic rings. The van der Waals surface area contributed by atoms with Crippen LogP contribution in [0.5, 0.6) is 0 Å². The lowest BCUT2D eigenvalue weighted by atomic mass is 9.98. The van der Waals surface area contributed by atoms with Gasteiger partial charge in [0.15, 0.2) is 0 Å². The predicted octanol–water partition coefficient (Wildman–Crippen LogP) is 3.80. The number of aromatic nitrogens is 1. The molecule has 0 aliphatic carbocycles. The summed E-state index contributed by atoms with van der Waals surface area (Å²) >= 11 is 0. The van der Waals surface area contributed by atoms with E-state index in [0.29, 0.717) is 5.69 Å². The van der Waals surface area contributed by atoms with Crippen molar-refractivity contribution in [2.24, 2.45) is 0 Å². The van der Waals surface area contributed by atoms with Gasteiger partial charge in [0.1, 0.15) is 5.69 Å². The predicted molar refractivity (Wildman–Crippen MR) is 91.0 cm³/mol. The molecule has 1 N–H and O–H groups in total. The number of hydrogen-bond acceptors (Lipinski definition) is 2. The Labute approximate surface area is 136 Å². The highest BCUT2D eigenvalue weighted by Gasteiger charge is 2.16. The lowest BCUT2D eigenvalue weighted by Gasteiger charge is -2.19. The molecule has 0 aliphatic heterocycles. The highest BCUT2D eigenvalue weighted by molar-refractivity contribution is 5.92. The summed E-state index contributed by atoms with van der Waals surface area (Å²) in [6.07, 6.45) is 2.37. The minimum atomic E-state index is -0.157. The molecule has 23 heavy (non-hydrogen) atoms. The smallest absolute Gasteiger partial charge is 0.270 e. The molecule has 0 spiro atoms. The number of nitrogens with zero attached hydrogens (tertiary/aromatic N) is 1. The third kappa shape index (κ3) is 4.04. The van der Waals surface area contributed by atoms with Gasteiger partial charge in [0.05, 0.1) is 6.04 Å². The largest absolute Gasteiger partial charge is 0.344 e. The Kier molecular flexibility index (Phi) is 4.79. The molecule has 1 atom stereocenters. The average Bonchev–Trinajstić information content (AvgIpc) is 2.63. The Morgan fingerprint density at radius 3 is 2.17 bits per heavy atom. The molecule has 1 amide bonds. The monoisotopic (exact) mass is 302 g/mol. The number of nitrogens with one attached hydrogen (secondary N) is 1. The van der Waals surface area contributed by atoms with E-state index >= 15 is 0 Å². The molecular formula is C20H18N2O. The first-order chi connectivity index (χ1) is 11.3. The van der Waals surface area contributed by atoms with Crippen molar-refractivity contribution in [1.82, 2.24) is 10.3 Å². The molecule has 3 rings (SSSR count). The van der Waals surface area contributed by atoms with Crippen LogP contribution in [0, 0.1) is 0 Å². The van der Waals surface area contributed by atoms with Crippen LogP contribution in [0.15, 0.2) is 85.1 Å². The maximum Gasteiger partial charge on any atom is 0.270 e. The Morgan fingerprint density at radius 2 is 1.52 bits per heavy atom. The molecule has 0 aliphatic rings. The molecular weight excluding hydrogens is 284 g/mol. The number of benzene rings is 2. The fourth-order valence-corrected chi connectivity index (χ4v) is 2.52. The van der Waals surface area contributed by atoms with E-state index in [1.807, 2.05) is 54.6 Å². The van der Waals surface area contributed by atoms with Crippen molar-refractivity contribution in [3.63, 3.8) is 0 Å². The second-order valence-corrected chi connectivity index (χ2v) is 5.34. The SMILES string of the molecule is O=C(NC(Cc1ccccc1)c1ccccc1)c1ccccn1. The van der Waals surface area contributed by atoms with Gasteiger partial charge >= 0.3 is 0 Å². The van der Waals surface area contributed by atoms with E-state index in [1.54, 1.807) is 18.3 Å². The fourth-order valence-electron chi connectivity index (χ4n) is 2.52. The van der Waals surface area contributed by atoms with Crippen LogP contribution in [0.2, 0.25) is 0 Å². The summed E-state index contributed by atoms with van der Waals surface area (Å²) in [7, 11) is 0. The Balaban J connectivity index is 1.82. The van der Waals surface area contributed by atoms with Crippen LogP contribution in [0.3, 0.4) is 0 Å². The molecule has 2 aromatic carbocycles. The minimum absolute atomic E-state index is 0.0897. The van der Waals surface area contributed by atoms with Crippen molar-refractivity contribution in [2.45, 2.75) is 12.5 Å². The van der Waals surface area contributed by atoms with Gasteiger partial charge in [-0.25, -0.2) is 0 Å². The van der Waals surface area contributed by atoms with Gasteiger partial charge in [0.25, 0.3) is 5.91 Å². The first-order valence-corrected chi connectivity index (χ1v) is 7.64. The summed E-state index contributed by atoms with van der Waals surface area (Å²) in [6, 6.07) is 25.4. The number of hydrogen-bond donors (Lipinski definition) is 1. The Morgan fingerprint density at radius 1 is 0.870 bits per heavy atom. The van der Waals surface area contributed by atoms with Gasteiger partial charge in [0, 0.05) is 6.20 Å². The standard InChI is InChI=1S/C20H18N2O/c23-20(18-13-7-8-14-21-18)22-19(17-11-5-2-6-12-17)15-16-9-3-1-4-10-16/h1-14,19H,15H2,(H,22,23). The van der Waals surface area contributed by atoms with E-state index in [0.717, 1.165) is 12.0 Å². The summed E-state index contributed by atoms with van der Waals surface area (Å²) in [5, 5.41) is 3.10. The van der Waals surface area contributed by atoms with Crippen molar-refractivity contribution < 1.29 is 4.79 Å². The normalized spacial score (nSPS) is 11.7. The lowest BCUT2D eigenvalue weighted by molar-refractivity contribution is 0.0931. The molecule has 1 aromatic heterocycles. The van der Waals surface area contributed by atoms with Crippen molar-refractivity contribution >= 4 is 5.91 Å². The number of amides is 1. The van der Waals surface area contributed by atoms with Gasteiger partial charge in [-0.2, -0.15) is 0 Å². The number of pyridine rings is 1. The number of carbonyl (C=O) groups is 1. The topological polar surface area (TPSA) is 42.0 Å². The van der Waals surface area contributed by atoms with Gasteiger partial charge in [-0.15, -0.1) is 0 Å². The van der Waals surface area contributed by atoms with Crippen LogP contribution in [0.1, 0.15) is 27.7 Å². The second kappa shape index (κ2) is 7.36. The van der Waals surface area contributed by atoms with E-state index in [4.69, 9.17) is 0 Å². The maximum atomic E-state index is 12.4. The summed E-state index contributed by atoms with van der Waals surface area (Å²) in [5.74, 6) is -0.157. The van der Waals surface area contributed by atoms with Crippen LogP contribution >= 0.6 is 0 Å². The highest BCUT2D eigenvalue weighted by atomic mass is 16.1. The maximum absolute atomic E-state index is 12.4. The van der Waals surface area contributed by atoms with E-state index in [1.165, 1.54) is 5.56 Å². The van der Waals surface area contributed by atoms with Gasteiger partial charge < -0.3 is 5.32 Å². The van der Waals surface area contributed by atoms with Gasteiger partial charge in [-0.1, -0.05) is 66.7 Å². The van der Waals surface area contributed by atoms with Crippen LogP contribution in [0.25, 0.3) is 0 Å². The fraction of sp³-hybridized carbons (Fsp3) is 0.100. The molecule has 0 saturated heterocycles. The summed E-state index contributed by atoms with van der Waals surface area (Å²) in [6.45, 7) is 0. The first kappa shape index (κ1) is 15.0. The molecule has 0 bridgehead atoms. The third-order valence-corrected chi connectivity index (χ3v) is 3.69. The zero-order valence-corrected chi connectivity index (χ0v) is 12.7. The number of rotatable bonds is 5. The molecule has 0 radical (unpaired) electrons. The van der Waals surface area contributed by atoms with E-state index in [-0.39, 0.29) is 11.9 Å². The van der Waals surface area contributed by atoms with Crippen LogP contribution in [-0.2, 0) is 6.42 Å². The first-order valence-electron chi connectivity index (χ1n) is 7.64. The van der Waals surface area contributed by atoms with Crippen LogP contribution < -0.4 is 5.32 Å². The second-order valence-electron chi connectivity index (χ2n) is 5.34. The van der Waals surface area contributed by atoms with Crippen molar-refractivity contribution in [3.8, 4) is 0 Å². The summed E-state index contributed by atoms with van der Waals surface area (Å²) in [5.41, 5.74) is 2.70. The van der Waals surface area contributed by atoms with Crippen LogP contribution in [0.4, 0.5) is 0 Å². The van der Waals surface area contributed by atoms with Crippen molar-refractivity contribution in [3.05, 3.63) is 102 Å². The molecule has 1 heterocycles. The Hall–Kier alpha value is -2.94. The van der Waals surface area contributed by atoms with E-state index in [9.17, 15) is 4.79 Å². The van der Waals surface area contributed by atoms with E-state index in [2.05, 4.69) is 22.4 Å². The molecule has 0 fully saturated rings. The summed E-state index contributed by atoms with van der Waals surface area (Å²) in [4.78, 5) is 16.6. The van der Waals surface area contributed by atoms with E-state index < -0.39 is 0 Å². The zero-order chi connectivity index (χ0) is 15.9. The van der Waals surface area contributed by atoms with Gasteiger partial charge in [-0.05, 0) is 29.7 Å². The molecule has 3 heteroatoms. The Bertz CT molecular complexity index is 742.